The Labute approximate surface area is 127 Å². The molecule has 0 aliphatic carbocycles. The zero-order valence-corrected chi connectivity index (χ0v) is 14.0. The van der Waals surface area contributed by atoms with Gasteiger partial charge < -0.3 is 10.2 Å². The van der Waals surface area contributed by atoms with E-state index < -0.39 is 10.0 Å². The van der Waals surface area contributed by atoms with Gasteiger partial charge in [-0.3, -0.25) is 0 Å². The van der Waals surface area contributed by atoms with E-state index in [1.54, 1.807) is 4.31 Å². The van der Waals surface area contributed by atoms with E-state index in [9.17, 15) is 8.42 Å². The van der Waals surface area contributed by atoms with Crippen molar-refractivity contribution in [3.63, 3.8) is 0 Å². The minimum atomic E-state index is -3.01. The van der Waals surface area contributed by atoms with Crippen molar-refractivity contribution in [2.75, 3.05) is 63.6 Å². The first-order chi connectivity index (χ1) is 9.55. The average Bonchev–Trinajstić information content (AvgIpc) is 2.44. The van der Waals surface area contributed by atoms with Crippen molar-refractivity contribution < 1.29 is 8.42 Å². The van der Waals surface area contributed by atoms with Crippen LogP contribution in [0.1, 0.15) is 12.8 Å². The van der Waals surface area contributed by atoms with Crippen molar-refractivity contribution in [3.05, 3.63) is 0 Å². The molecule has 2 saturated heterocycles. The van der Waals surface area contributed by atoms with Crippen molar-refractivity contribution in [2.24, 2.45) is 5.92 Å². The molecule has 0 radical (unpaired) electrons. The summed E-state index contributed by atoms with van der Waals surface area (Å²) >= 11 is 2.04. The first kappa shape index (κ1) is 16.5. The second kappa shape index (κ2) is 7.98. The summed E-state index contributed by atoms with van der Waals surface area (Å²) in [4.78, 5) is 2.51. The molecule has 0 amide bonds. The molecule has 0 bridgehead atoms. The molecule has 0 spiro atoms. The predicted octanol–water partition coefficient (Wildman–Crippen LogP) is 0.296. The summed E-state index contributed by atoms with van der Waals surface area (Å²) in [6, 6.07) is 0. The lowest BCUT2D eigenvalue weighted by atomic mass is 10.00. The first-order valence-electron chi connectivity index (χ1n) is 7.51. The molecule has 2 rings (SSSR count). The van der Waals surface area contributed by atoms with E-state index in [1.807, 2.05) is 11.8 Å². The average molecular weight is 322 g/mol. The fourth-order valence-electron chi connectivity index (χ4n) is 2.86. The van der Waals surface area contributed by atoms with Gasteiger partial charge in [0.25, 0.3) is 0 Å². The van der Waals surface area contributed by atoms with Crippen LogP contribution in [0.4, 0.5) is 0 Å². The Morgan fingerprint density at radius 3 is 2.70 bits per heavy atom. The van der Waals surface area contributed by atoms with E-state index in [0.29, 0.717) is 19.0 Å². The summed E-state index contributed by atoms with van der Waals surface area (Å²) in [5.41, 5.74) is 0. The molecule has 0 aromatic carbocycles. The molecule has 0 aromatic rings. The number of rotatable bonds is 6. The second-order valence-corrected chi connectivity index (χ2v) is 8.99. The summed E-state index contributed by atoms with van der Waals surface area (Å²) in [5, 5.41) is 3.50. The van der Waals surface area contributed by atoms with Crippen LogP contribution in [0.25, 0.3) is 0 Å². The summed E-state index contributed by atoms with van der Waals surface area (Å²) in [7, 11) is -3.01. The highest BCUT2D eigenvalue weighted by Gasteiger charge is 2.25. The van der Waals surface area contributed by atoms with E-state index in [0.717, 1.165) is 32.5 Å². The molecule has 0 saturated carbocycles. The second-order valence-electron chi connectivity index (χ2n) is 5.79. The van der Waals surface area contributed by atoms with Crippen LogP contribution in [0.5, 0.6) is 0 Å². The third-order valence-corrected chi connectivity index (χ3v) is 6.30. The van der Waals surface area contributed by atoms with Gasteiger partial charge >= 0.3 is 0 Å². The molecule has 1 atom stereocenters. The lowest BCUT2D eigenvalue weighted by molar-refractivity contribution is 0.253. The van der Waals surface area contributed by atoms with E-state index in [4.69, 9.17) is 0 Å². The number of nitrogens with zero attached hydrogens (tertiary/aromatic N) is 2. The quantitative estimate of drug-likeness (QED) is 0.713. The summed E-state index contributed by atoms with van der Waals surface area (Å²) in [5.74, 6) is 2.98. The third kappa shape index (κ3) is 5.52. The minimum Gasteiger partial charge on any atom is -0.315 e. The van der Waals surface area contributed by atoms with Crippen LogP contribution in [-0.4, -0.2) is 81.2 Å². The molecular weight excluding hydrogens is 294 g/mol. The molecular formula is C13H27N3O2S2. The molecule has 0 aromatic heterocycles. The molecule has 2 heterocycles. The number of piperidine rings is 1. The largest absolute Gasteiger partial charge is 0.315 e. The third-order valence-electron chi connectivity index (χ3n) is 4.09. The first-order valence-corrected chi connectivity index (χ1v) is 10.5. The van der Waals surface area contributed by atoms with E-state index in [1.165, 1.54) is 30.9 Å². The fraction of sp³-hybridized carbons (Fsp3) is 1.00. The Bertz CT molecular complexity index is 383. The number of hydrogen-bond donors (Lipinski definition) is 1. The number of hydrogen-bond acceptors (Lipinski definition) is 5. The fourth-order valence-corrected chi connectivity index (χ4v) is 4.78. The number of nitrogens with one attached hydrogen (secondary N) is 1. The molecule has 1 unspecified atom stereocenters. The summed E-state index contributed by atoms with van der Waals surface area (Å²) < 4.78 is 24.8. The Balaban J connectivity index is 1.61. The van der Waals surface area contributed by atoms with Crippen LogP contribution in [0.15, 0.2) is 0 Å². The van der Waals surface area contributed by atoms with Crippen LogP contribution < -0.4 is 5.32 Å². The van der Waals surface area contributed by atoms with Gasteiger partial charge in [-0.25, -0.2) is 12.7 Å². The van der Waals surface area contributed by atoms with Gasteiger partial charge in [-0.15, -0.1) is 0 Å². The van der Waals surface area contributed by atoms with E-state index in [-0.39, 0.29) is 0 Å². The van der Waals surface area contributed by atoms with Crippen molar-refractivity contribution in [1.29, 1.82) is 0 Å². The number of sulfonamides is 1. The molecule has 2 aliphatic heterocycles. The zero-order valence-electron chi connectivity index (χ0n) is 12.4. The van der Waals surface area contributed by atoms with Gasteiger partial charge in [0.1, 0.15) is 0 Å². The molecule has 1 N–H and O–H groups in total. The minimum absolute atomic E-state index is 0.468. The maximum atomic E-state index is 11.6. The predicted molar refractivity (Wildman–Crippen MR) is 85.8 cm³/mol. The highest BCUT2D eigenvalue weighted by atomic mass is 32.2. The van der Waals surface area contributed by atoms with Crippen LogP contribution in [0.2, 0.25) is 0 Å². The van der Waals surface area contributed by atoms with Gasteiger partial charge in [-0.05, 0) is 25.3 Å². The Kier molecular flexibility index (Phi) is 6.61. The van der Waals surface area contributed by atoms with Crippen molar-refractivity contribution in [2.45, 2.75) is 12.8 Å². The van der Waals surface area contributed by atoms with Crippen molar-refractivity contribution >= 4 is 21.8 Å². The molecule has 118 valence electrons. The molecule has 5 nitrogen and oxygen atoms in total. The maximum Gasteiger partial charge on any atom is 0.211 e. The molecule has 2 aliphatic rings. The Hall–Kier alpha value is 0.180. The Morgan fingerprint density at radius 1 is 1.25 bits per heavy atom. The molecule has 20 heavy (non-hydrogen) atoms. The van der Waals surface area contributed by atoms with Crippen molar-refractivity contribution in [1.82, 2.24) is 14.5 Å². The van der Waals surface area contributed by atoms with Crippen LogP contribution in [0.3, 0.4) is 0 Å². The number of thioether (sulfide) groups is 1. The van der Waals surface area contributed by atoms with Gasteiger partial charge in [0.05, 0.1) is 6.26 Å². The smallest absolute Gasteiger partial charge is 0.211 e. The highest BCUT2D eigenvalue weighted by Crippen LogP contribution is 2.17. The SMILES string of the molecule is CS(=O)(=O)N1CCCC(CNCCN2CCSCC2)C1. The van der Waals surface area contributed by atoms with E-state index >= 15 is 0 Å². The van der Waals surface area contributed by atoms with Gasteiger partial charge in [0.2, 0.25) is 10.0 Å². The van der Waals surface area contributed by atoms with Crippen LogP contribution in [0, 0.1) is 5.92 Å². The van der Waals surface area contributed by atoms with Gasteiger partial charge in [-0.2, -0.15) is 11.8 Å². The van der Waals surface area contributed by atoms with Crippen LogP contribution >= 0.6 is 11.8 Å². The maximum absolute atomic E-state index is 11.6. The van der Waals surface area contributed by atoms with Gasteiger partial charge in [0, 0.05) is 50.8 Å². The highest BCUT2D eigenvalue weighted by molar-refractivity contribution is 7.99. The monoisotopic (exact) mass is 321 g/mol. The normalized spacial score (nSPS) is 26.8. The zero-order chi connectivity index (χ0) is 14.4. The standard InChI is InChI=1S/C13H27N3O2S2/c1-20(17,18)16-5-2-3-13(12-16)11-14-4-6-15-7-9-19-10-8-15/h13-14H,2-12H2,1H3. The summed E-state index contributed by atoms with van der Waals surface area (Å²) in [6.07, 6.45) is 3.44. The molecule has 7 heteroatoms. The summed E-state index contributed by atoms with van der Waals surface area (Å²) in [6.45, 7) is 6.86. The lowest BCUT2D eigenvalue weighted by Gasteiger charge is -2.31. The van der Waals surface area contributed by atoms with Crippen LogP contribution in [-0.2, 0) is 10.0 Å². The van der Waals surface area contributed by atoms with Gasteiger partial charge in [0.15, 0.2) is 0 Å². The van der Waals surface area contributed by atoms with E-state index in [2.05, 4.69) is 10.2 Å². The van der Waals surface area contributed by atoms with Crippen molar-refractivity contribution in [3.8, 4) is 0 Å². The lowest BCUT2D eigenvalue weighted by Crippen LogP contribution is -2.43. The topological polar surface area (TPSA) is 52.7 Å². The molecule has 2 fully saturated rings. The van der Waals surface area contributed by atoms with Gasteiger partial charge in [-0.1, -0.05) is 0 Å². The Morgan fingerprint density at radius 2 is 2.00 bits per heavy atom.